The van der Waals surface area contributed by atoms with Crippen LogP contribution in [0.5, 0.6) is 0 Å². The normalized spacial score (nSPS) is 17.8. The van der Waals surface area contributed by atoms with Crippen LogP contribution in [0.1, 0.15) is 62.0 Å². The summed E-state index contributed by atoms with van der Waals surface area (Å²) in [5.74, 6) is 0.363. The number of fused-ring (bicyclic) bond motifs is 2. The molecule has 31 heavy (non-hydrogen) atoms. The molecule has 0 aromatic carbocycles. The molecule has 9 heteroatoms. The average Bonchev–Trinajstić information content (AvgIpc) is 3.21. The van der Waals surface area contributed by atoms with Gasteiger partial charge in [-0.1, -0.05) is 6.42 Å². The van der Waals surface area contributed by atoms with E-state index >= 15 is 0 Å². The Balaban J connectivity index is 1.68. The van der Waals surface area contributed by atoms with Gasteiger partial charge in [0.2, 0.25) is 0 Å². The Hall–Kier alpha value is -3.36. The van der Waals surface area contributed by atoms with E-state index in [0.717, 1.165) is 43.1 Å². The summed E-state index contributed by atoms with van der Waals surface area (Å²) in [5, 5.41) is 9.33. The van der Waals surface area contributed by atoms with Crippen LogP contribution in [0.3, 0.4) is 0 Å². The molecule has 5 rings (SSSR count). The first-order chi connectivity index (χ1) is 14.9. The number of amides is 1. The standard InChI is InChI=1S/C22H27N7O2/c1-13(2)29-22(8-5-4-6-9-22)27-20(30)17-14(3)11-16(21(31)28(17)29)26-19-15-7-10-23-18(15)24-12-25-19/h7,10-13H,4-6,8-9H2,1-3H3,(H,27,30)(H2,23,24,25,26). The third kappa shape index (κ3) is 2.98. The lowest BCUT2D eigenvalue weighted by Gasteiger charge is -2.53. The third-order valence-corrected chi connectivity index (χ3v) is 6.36. The molecule has 0 radical (unpaired) electrons. The van der Waals surface area contributed by atoms with Gasteiger partial charge in [0, 0.05) is 12.2 Å². The first-order valence-electron chi connectivity index (χ1n) is 10.9. The van der Waals surface area contributed by atoms with Crippen molar-refractivity contribution in [3.8, 4) is 0 Å². The van der Waals surface area contributed by atoms with Crippen molar-refractivity contribution in [2.24, 2.45) is 0 Å². The molecule has 1 aliphatic carbocycles. The SMILES string of the molecule is Cc1cc(Nc2ncnc3[nH]ccc23)c(=O)n2c1C(=O)NC1(CCCCC1)N2C(C)C. The van der Waals surface area contributed by atoms with Crippen molar-refractivity contribution in [1.29, 1.82) is 0 Å². The zero-order valence-electron chi connectivity index (χ0n) is 18.0. The lowest BCUT2D eigenvalue weighted by molar-refractivity contribution is 0.0738. The van der Waals surface area contributed by atoms with Crippen molar-refractivity contribution in [1.82, 2.24) is 24.9 Å². The summed E-state index contributed by atoms with van der Waals surface area (Å²) in [6.07, 6.45) is 8.09. The van der Waals surface area contributed by atoms with Gasteiger partial charge in [-0.05, 0) is 64.2 Å². The van der Waals surface area contributed by atoms with E-state index < -0.39 is 5.66 Å². The van der Waals surface area contributed by atoms with E-state index in [4.69, 9.17) is 0 Å². The second-order valence-electron chi connectivity index (χ2n) is 8.78. The molecule has 1 fully saturated rings. The molecule has 3 N–H and O–H groups in total. The van der Waals surface area contributed by atoms with Crippen LogP contribution >= 0.6 is 0 Å². The summed E-state index contributed by atoms with van der Waals surface area (Å²) in [6, 6.07) is 3.62. The highest BCUT2D eigenvalue weighted by Gasteiger charge is 2.47. The molecule has 0 saturated heterocycles. The second kappa shape index (κ2) is 7.11. The van der Waals surface area contributed by atoms with Crippen LogP contribution in [-0.4, -0.2) is 37.2 Å². The number of aromatic nitrogens is 4. The summed E-state index contributed by atoms with van der Waals surface area (Å²) in [7, 11) is 0. The van der Waals surface area contributed by atoms with Gasteiger partial charge < -0.3 is 15.6 Å². The Bertz CT molecular complexity index is 1220. The lowest BCUT2D eigenvalue weighted by atomic mass is 9.86. The van der Waals surface area contributed by atoms with Crippen molar-refractivity contribution >= 4 is 28.4 Å². The van der Waals surface area contributed by atoms with Gasteiger partial charge in [0.05, 0.1) is 5.39 Å². The van der Waals surface area contributed by atoms with E-state index in [1.807, 2.05) is 13.0 Å². The van der Waals surface area contributed by atoms with Crippen LogP contribution in [0, 0.1) is 6.92 Å². The van der Waals surface area contributed by atoms with Crippen LogP contribution in [0.25, 0.3) is 11.0 Å². The number of anilines is 2. The maximum absolute atomic E-state index is 13.8. The van der Waals surface area contributed by atoms with Crippen molar-refractivity contribution in [2.75, 3.05) is 10.3 Å². The molecular weight excluding hydrogens is 394 g/mol. The van der Waals surface area contributed by atoms with E-state index in [0.29, 0.717) is 22.8 Å². The van der Waals surface area contributed by atoms with Crippen molar-refractivity contribution in [2.45, 2.75) is 64.6 Å². The summed E-state index contributed by atoms with van der Waals surface area (Å²) in [5.41, 5.74) is 1.42. The van der Waals surface area contributed by atoms with Crippen molar-refractivity contribution in [3.05, 3.63) is 46.3 Å². The smallest absolute Gasteiger partial charge is 0.293 e. The molecule has 1 saturated carbocycles. The molecule has 0 bridgehead atoms. The molecule has 3 aromatic heterocycles. The highest BCUT2D eigenvalue weighted by atomic mass is 16.2. The quantitative estimate of drug-likeness (QED) is 0.600. The maximum atomic E-state index is 13.8. The first-order valence-corrected chi connectivity index (χ1v) is 10.9. The number of rotatable bonds is 3. The van der Waals surface area contributed by atoms with Crippen LogP contribution < -0.4 is 21.2 Å². The number of nitrogens with one attached hydrogen (secondary N) is 3. The molecule has 4 heterocycles. The average molecular weight is 422 g/mol. The molecule has 1 aliphatic heterocycles. The number of aryl methyl sites for hydroxylation is 1. The van der Waals surface area contributed by atoms with E-state index in [9.17, 15) is 9.59 Å². The predicted molar refractivity (Wildman–Crippen MR) is 119 cm³/mol. The number of H-pyrrole nitrogens is 1. The molecule has 3 aromatic rings. The maximum Gasteiger partial charge on any atom is 0.293 e. The molecule has 2 aliphatic rings. The van der Waals surface area contributed by atoms with Gasteiger partial charge in [0.1, 0.15) is 34.8 Å². The fraction of sp³-hybridized carbons (Fsp3) is 0.455. The molecule has 0 unspecified atom stereocenters. The fourth-order valence-corrected chi connectivity index (χ4v) is 5.13. The molecule has 1 spiro atoms. The van der Waals surface area contributed by atoms with Gasteiger partial charge in [-0.3, -0.25) is 14.6 Å². The monoisotopic (exact) mass is 421 g/mol. The number of nitrogens with zero attached hydrogens (tertiary/aromatic N) is 4. The van der Waals surface area contributed by atoms with Gasteiger partial charge in [0.15, 0.2) is 0 Å². The Labute approximate surface area is 179 Å². The van der Waals surface area contributed by atoms with E-state index in [1.165, 1.54) is 6.33 Å². The first kappa shape index (κ1) is 19.6. The van der Waals surface area contributed by atoms with Crippen LogP contribution in [0.15, 0.2) is 29.5 Å². The summed E-state index contributed by atoms with van der Waals surface area (Å²) < 4.78 is 1.60. The Morgan fingerprint density at radius 2 is 1.94 bits per heavy atom. The summed E-state index contributed by atoms with van der Waals surface area (Å²) in [4.78, 5) is 38.5. The number of carbonyl (C=O) groups excluding carboxylic acids is 1. The number of carbonyl (C=O) groups is 1. The van der Waals surface area contributed by atoms with E-state index in [1.54, 1.807) is 16.9 Å². The second-order valence-corrected chi connectivity index (χ2v) is 8.78. The number of hydrogen-bond acceptors (Lipinski definition) is 6. The van der Waals surface area contributed by atoms with Gasteiger partial charge >= 0.3 is 0 Å². The van der Waals surface area contributed by atoms with E-state index in [2.05, 4.69) is 44.4 Å². The van der Waals surface area contributed by atoms with Gasteiger partial charge in [0.25, 0.3) is 11.5 Å². The predicted octanol–water partition coefficient (Wildman–Crippen LogP) is 2.92. The lowest BCUT2D eigenvalue weighted by Crippen LogP contribution is -2.73. The minimum atomic E-state index is -0.534. The summed E-state index contributed by atoms with van der Waals surface area (Å²) >= 11 is 0. The topological polar surface area (TPSA) is 108 Å². The van der Waals surface area contributed by atoms with Crippen molar-refractivity contribution in [3.63, 3.8) is 0 Å². The zero-order chi connectivity index (χ0) is 21.8. The highest BCUT2D eigenvalue weighted by molar-refractivity contribution is 5.96. The zero-order valence-corrected chi connectivity index (χ0v) is 18.0. The van der Waals surface area contributed by atoms with Crippen LogP contribution in [0.2, 0.25) is 0 Å². The minimum Gasteiger partial charge on any atom is -0.346 e. The third-order valence-electron chi connectivity index (χ3n) is 6.36. The van der Waals surface area contributed by atoms with Crippen LogP contribution in [-0.2, 0) is 0 Å². The summed E-state index contributed by atoms with van der Waals surface area (Å²) in [6.45, 7) is 5.99. The Morgan fingerprint density at radius 1 is 1.16 bits per heavy atom. The Morgan fingerprint density at radius 3 is 2.68 bits per heavy atom. The largest absolute Gasteiger partial charge is 0.346 e. The molecule has 162 valence electrons. The van der Waals surface area contributed by atoms with Crippen LogP contribution in [0.4, 0.5) is 11.5 Å². The van der Waals surface area contributed by atoms with Gasteiger partial charge in [-0.2, -0.15) is 0 Å². The molecule has 0 atom stereocenters. The molecule has 1 amide bonds. The van der Waals surface area contributed by atoms with Gasteiger partial charge in [-0.15, -0.1) is 0 Å². The van der Waals surface area contributed by atoms with E-state index in [-0.39, 0.29) is 17.5 Å². The molecule has 9 nitrogen and oxygen atoms in total. The number of aromatic amines is 1. The number of pyridine rings is 1. The Kier molecular flexibility index (Phi) is 4.49. The van der Waals surface area contributed by atoms with Gasteiger partial charge in [-0.25, -0.2) is 14.6 Å². The van der Waals surface area contributed by atoms with Crippen molar-refractivity contribution < 1.29 is 4.79 Å². The fourth-order valence-electron chi connectivity index (χ4n) is 5.13. The minimum absolute atomic E-state index is 0.0280. The molecular formula is C22H27N7O2. The number of hydrogen-bond donors (Lipinski definition) is 3. The highest BCUT2D eigenvalue weighted by Crippen LogP contribution is 2.35.